The third-order valence-corrected chi connectivity index (χ3v) is 7.16. The molecule has 1 saturated carbocycles. The standard InChI is InChI=1S/C29H29FO4/c1-17(29(31)33-3)28(20-8-9-20)22-11-10-21-14-26(34-27(21)15-22)19-6-4-18(5-7-19)24-16-23(32-2)12-13-25(24)30/h4-7,10-13,15-17,20,26,28H,8-9,14H2,1-3H3/t17-,26?,28-/m0/s1. The Morgan fingerprint density at radius 3 is 2.47 bits per heavy atom. The molecule has 4 nitrogen and oxygen atoms in total. The molecule has 0 saturated heterocycles. The summed E-state index contributed by atoms with van der Waals surface area (Å²) in [5, 5.41) is 0. The van der Waals surface area contributed by atoms with Crippen LogP contribution in [0.25, 0.3) is 11.1 Å². The highest BCUT2D eigenvalue weighted by molar-refractivity contribution is 5.73. The van der Waals surface area contributed by atoms with Crippen LogP contribution in [0.3, 0.4) is 0 Å². The van der Waals surface area contributed by atoms with Gasteiger partial charge in [0.25, 0.3) is 0 Å². The predicted molar refractivity (Wildman–Crippen MR) is 129 cm³/mol. The number of hydrogen-bond acceptors (Lipinski definition) is 4. The average molecular weight is 461 g/mol. The summed E-state index contributed by atoms with van der Waals surface area (Å²) in [4.78, 5) is 12.2. The maximum Gasteiger partial charge on any atom is 0.309 e. The van der Waals surface area contributed by atoms with Crippen LogP contribution in [0, 0.1) is 17.7 Å². The Labute approximate surface area is 199 Å². The molecule has 5 heteroatoms. The van der Waals surface area contributed by atoms with Crippen molar-refractivity contribution in [1.29, 1.82) is 0 Å². The van der Waals surface area contributed by atoms with Gasteiger partial charge in [0.1, 0.15) is 23.4 Å². The third kappa shape index (κ3) is 4.27. The fourth-order valence-electron chi connectivity index (χ4n) is 5.12. The second kappa shape index (κ2) is 9.13. The van der Waals surface area contributed by atoms with E-state index in [1.807, 2.05) is 31.2 Å². The molecule has 1 fully saturated rings. The van der Waals surface area contributed by atoms with Crippen LogP contribution in [0.4, 0.5) is 4.39 Å². The molecule has 176 valence electrons. The molecule has 3 atom stereocenters. The molecule has 0 aromatic heterocycles. The first-order valence-corrected chi connectivity index (χ1v) is 11.8. The SMILES string of the molecule is COC(=O)[C@@H](C)[C@H](c1ccc2c(c1)OC(c1ccc(-c3cc(OC)ccc3F)cc1)C2)C1CC1. The number of carbonyl (C=O) groups excluding carboxylic acids is 1. The fourth-order valence-corrected chi connectivity index (χ4v) is 5.12. The highest BCUT2D eigenvalue weighted by Crippen LogP contribution is 2.49. The normalized spacial score (nSPS) is 18.5. The Balaban J connectivity index is 1.35. The number of ether oxygens (including phenoxy) is 3. The van der Waals surface area contributed by atoms with Gasteiger partial charge in [-0.1, -0.05) is 43.3 Å². The second-order valence-electron chi connectivity index (χ2n) is 9.32. The molecule has 1 heterocycles. The molecular formula is C29H29FO4. The van der Waals surface area contributed by atoms with Gasteiger partial charge in [-0.05, 0) is 71.2 Å². The smallest absolute Gasteiger partial charge is 0.309 e. The van der Waals surface area contributed by atoms with E-state index in [1.165, 1.54) is 13.2 Å². The van der Waals surface area contributed by atoms with Crippen molar-refractivity contribution in [2.75, 3.05) is 14.2 Å². The number of benzene rings is 3. The topological polar surface area (TPSA) is 44.8 Å². The Kier molecular flexibility index (Phi) is 6.03. The molecular weight excluding hydrogens is 431 g/mol. The van der Waals surface area contributed by atoms with Gasteiger partial charge in [-0.15, -0.1) is 0 Å². The molecule has 5 rings (SSSR count). The van der Waals surface area contributed by atoms with E-state index in [4.69, 9.17) is 14.2 Å². The first-order chi connectivity index (χ1) is 16.5. The lowest BCUT2D eigenvalue weighted by Crippen LogP contribution is -2.22. The zero-order valence-corrected chi connectivity index (χ0v) is 19.7. The van der Waals surface area contributed by atoms with Gasteiger partial charge in [0.15, 0.2) is 0 Å². The molecule has 34 heavy (non-hydrogen) atoms. The lowest BCUT2D eigenvalue weighted by molar-refractivity contribution is -0.145. The Hall–Kier alpha value is -3.34. The van der Waals surface area contributed by atoms with Crippen molar-refractivity contribution in [3.8, 4) is 22.6 Å². The number of fused-ring (bicyclic) bond motifs is 1. The second-order valence-corrected chi connectivity index (χ2v) is 9.32. The van der Waals surface area contributed by atoms with Crippen molar-refractivity contribution in [2.24, 2.45) is 11.8 Å². The molecule has 0 amide bonds. The van der Waals surface area contributed by atoms with Crippen molar-refractivity contribution in [2.45, 2.75) is 38.2 Å². The number of rotatable bonds is 7. The molecule has 0 radical (unpaired) electrons. The molecule has 0 spiro atoms. The summed E-state index contributed by atoms with van der Waals surface area (Å²) < 4.78 is 31.0. The quantitative estimate of drug-likeness (QED) is 0.379. The van der Waals surface area contributed by atoms with Gasteiger partial charge in [-0.25, -0.2) is 4.39 Å². The van der Waals surface area contributed by atoms with Gasteiger partial charge < -0.3 is 14.2 Å². The van der Waals surface area contributed by atoms with Crippen LogP contribution in [0.2, 0.25) is 0 Å². The monoisotopic (exact) mass is 460 g/mol. The summed E-state index contributed by atoms with van der Waals surface area (Å²) in [5.74, 6) is 1.55. The zero-order valence-electron chi connectivity index (χ0n) is 19.7. The highest BCUT2D eigenvalue weighted by Gasteiger charge is 2.39. The van der Waals surface area contributed by atoms with Crippen LogP contribution >= 0.6 is 0 Å². The van der Waals surface area contributed by atoms with Crippen molar-refractivity contribution < 1.29 is 23.4 Å². The minimum absolute atomic E-state index is 0.0909. The maximum atomic E-state index is 14.4. The first-order valence-electron chi connectivity index (χ1n) is 11.8. The van der Waals surface area contributed by atoms with E-state index in [0.29, 0.717) is 17.2 Å². The van der Waals surface area contributed by atoms with Crippen LogP contribution in [0.5, 0.6) is 11.5 Å². The van der Waals surface area contributed by atoms with Crippen LogP contribution in [-0.2, 0) is 16.0 Å². The first kappa shape index (κ1) is 22.5. The molecule has 1 unspecified atom stereocenters. The van der Waals surface area contributed by atoms with Gasteiger partial charge in [-0.3, -0.25) is 4.79 Å². The van der Waals surface area contributed by atoms with Crippen molar-refractivity contribution >= 4 is 5.97 Å². The third-order valence-electron chi connectivity index (χ3n) is 7.16. The average Bonchev–Trinajstić information content (AvgIpc) is 3.61. The lowest BCUT2D eigenvalue weighted by Gasteiger charge is -2.23. The van der Waals surface area contributed by atoms with Gasteiger partial charge in [0.2, 0.25) is 0 Å². The van der Waals surface area contributed by atoms with E-state index in [1.54, 1.807) is 19.2 Å². The Bertz CT molecular complexity index is 1200. The summed E-state index contributed by atoms with van der Waals surface area (Å²) in [6, 6.07) is 19.0. The van der Waals surface area contributed by atoms with E-state index in [2.05, 4.69) is 18.2 Å². The molecule has 0 N–H and O–H groups in total. The fraction of sp³-hybridized carbons (Fsp3) is 0.345. The van der Waals surface area contributed by atoms with E-state index in [0.717, 1.165) is 47.3 Å². The number of carbonyl (C=O) groups is 1. The van der Waals surface area contributed by atoms with Crippen LogP contribution in [-0.4, -0.2) is 20.2 Å². The van der Waals surface area contributed by atoms with E-state index >= 15 is 0 Å². The summed E-state index contributed by atoms with van der Waals surface area (Å²) in [5.41, 5.74) is 4.66. The van der Waals surface area contributed by atoms with Crippen LogP contribution < -0.4 is 9.47 Å². The van der Waals surface area contributed by atoms with Crippen molar-refractivity contribution in [1.82, 2.24) is 0 Å². The minimum atomic E-state index is -0.281. The van der Waals surface area contributed by atoms with Crippen LogP contribution in [0.1, 0.15) is 48.5 Å². The van der Waals surface area contributed by atoms with Gasteiger partial charge in [0, 0.05) is 12.0 Å². The van der Waals surface area contributed by atoms with Crippen LogP contribution in [0.15, 0.2) is 60.7 Å². The number of hydrogen-bond donors (Lipinski definition) is 0. The number of halogens is 1. The molecule has 1 aliphatic carbocycles. The zero-order chi connectivity index (χ0) is 23.8. The molecule has 1 aliphatic heterocycles. The van der Waals surface area contributed by atoms with Gasteiger partial charge in [0.05, 0.1) is 20.1 Å². The summed E-state index contributed by atoms with van der Waals surface area (Å²) in [6.45, 7) is 1.96. The number of esters is 1. The lowest BCUT2D eigenvalue weighted by atomic mass is 9.83. The molecule has 0 bridgehead atoms. The highest BCUT2D eigenvalue weighted by atomic mass is 19.1. The Morgan fingerprint density at radius 1 is 1.03 bits per heavy atom. The van der Waals surface area contributed by atoms with E-state index in [-0.39, 0.29) is 29.7 Å². The summed E-state index contributed by atoms with van der Waals surface area (Å²) in [7, 11) is 3.02. The van der Waals surface area contributed by atoms with Gasteiger partial charge >= 0.3 is 5.97 Å². The Morgan fingerprint density at radius 2 is 1.79 bits per heavy atom. The summed E-state index contributed by atoms with van der Waals surface area (Å²) >= 11 is 0. The maximum absolute atomic E-state index is 14.4. The number of methoxy groups -OCH3 is 2. The molecule has 2 aliphatic rings. The largest absolute Gasteiger partial charge is 0.497 e. The minimum Gasteiger partial charge on any atom is -0.497 e. The van der Waals surface area contributed by atoms with E-state index < -0.39 is 0 Å². The van der Waals surface area contributed by atoms with E-state index in [9.17, 15) is 9.18 Å². The molecule has 3 aromatic carbocycles. The van der Waals surface area contributed by atoms with Crippen molar-refractivity contribution in [3.63, 3.8) is 0 Å². The van der Waals surface area contributed by atoms with Crippen molar-refractivity contribution in [3.05, 3.63) is 83.2 Å². The van der Waals surface area contributed by atoms with Gasteiger partial charge in [-0.2, -0.15) is 0 Å². The molecule has 3 aromatic rings. The summed E-state index contributed by atoms with van der Waals surface area (Å²) in [6.07, 6.45) is 2.98. The predicted octanol–water partition coefficient (Wildman–Crippen LogP) is 6.48.